The van der Waals surface area contributed by atoms with Crippen LogP contribution in [0.15, 0.2) is 58.0 Å². The number of anilines is 1. The lowest BCUT2D eigenvalue weighted by molar-refractivity contribution is -0.116. The smallest absolute Gasteiger partial charge is 0.240 e. The third-order valence-electron chi connectivity index (χ3n) is 5.20. The number of rotatable bonds is 7. The Morgan fingerprint density at radius 3 is 2.71 bits per heavy atom. The minimum absolute atomic E-state index is 0.0471. The van der Waals surface area contributed by atoms with Gasteiger partial charge in [-0.15, -0.1) is 0 Å². The van der Waals surface area contributed by atoms with Gasteiger partial charge >= 0.3 is 0 Å². The van der Waals surface area contributed by atoms with Crippen LogP contribution in [0.1, 0.15) is 18.2 Å². The van der Waals surface area contributed by atoms with Crippen LogP contribution in [0.5, 0.6) is 5.75 Å². The van der Waals surface area contributed by atoms with Crippen molar-refractivity contribution in [2.45, 2.75) is 24.7 Å². The molecule has 1 N–H and O–H groups in total. The number of nitrogens with zero attached hydrogens (tertiary/aromatic N) is 2. The Morgan fingerprint density at radius 1 is 1.23 bits per heavy atom. The number of methoxy groups -OCH3 is 1. The molecule has 1 aliphatic heterocycles. The Hall–Kier alpha value is -3.17. The van der Waals surface area contributed by atoms with Gasteiger partial charge in [0.25, 0.3) is 0 Å². The molecular formula is C22H23N3O5S. The van der Waals surface area contributed by atoms with Crippen LogP contribution in [0.4, 0.5) is 5.69 Å². The maximum absolute atomic E-state index is 12.7. The third-order valence-corrected chi connectivity index (χ3v) is 6.66. The van der Waals surface area contributed by atoms with Gasteiger partial charge in [-0.2, -0.15) is 0 Å². The Bertz CT molecular complexity index is 1200. The van der Waals surface area contributed by atoms with E-state index in [4.69, 9.17) is 9.15 Å². The predicted molar refractivity (Wildman–Crippen MR) is 116 cm³/mol. The van der Waals surface area contributed by atoms with E-state index in [-0.39, 0.29) is 17.3 Å². The van der Waals surface area contributed by atoms with Gasteiger partial charge in [-0.05, 0) is 54.4 Å². The van der Waals surface area contributed by atoms with E-state index in [1.54, 1.807) is 24.1 Å². The molecule has 3 aromatic rings. The van der Waals surface area contributed by atoms with Crippen LogP contribution in [0, 0.1) is 0 Å². The Morgan fingerprint density at radius 2 is 2.00 bits per heavy atom. The Labute approximate surface area is 180 Å². The van der Waals surface area contributed by atoms with Crippen LogP contribution in [-0.2, 0) is 27.7 Å². The molecule has 0 fully saturated rings. The van der Waals surface area contributed by atoms with Crippen LogP contribution >= 0.6 is 0 Å². The first-order valence-electron chi connectivity index (χ1n) is 9.87. The number of ether oxygens (including phenoxy) is 1. The monoisotopic (exact) mass is 441 g/mol. The molecule has 0 aliphatic carbocycles. The minimum atomic E-state index is -3.67. The van der Waals surface area contributed by atoms with Gasteiger partial charge in [0.05, 0.1) is 17.7 Å². The molecule has 8 nitrogen and oxygen atoms in total. The van der Waals surface area contributed by atoms with Crippen LogP contribution in [0.25, 0.3) is 11.5 Å². The molecule has 0 saturated carbocycles. The van der Waals surface area contributed by atoms with Gasteiger partial charge in [-0.1, -0.05) is 0 Å². The van der Waals surface area contributed by atoms with Crippen molar-refractivity contribution >= 4 is 21.6 Å². The normalized spacial score (nSPS) is 13.3. The van der Waals surface area contributed by atoms with Gasteiger partial charge < -0.3 is 14.1 Å². The van der Waals surface area contributed by atoms with Crippen molar-refractivity contribution < 1.29 is 22.4 Å². The molecule has 0 bridgehead atoms. The lowest BCUT2D eigenvalue weighted by atomic mass is 10.2. The molecule has 0 unspecified atom stereocenters. The third kappa shape index (κ3) is 4.47. The second-order valence-corrected chi connectivity index (χ2v) is 9.00. The molecule has 0 radical (unpaired) electrons. The Kier molecular flexibility index (Phi) is 5.79. The summed E-state index contributed by atoms with van der Waals surface area (Å²) in [6, 6.07) is 12.2. The number of hydrogen-bond donors (Lipinski definition) is 1. The number of benzene rings is 2. The number of hydrogen-bond acceptors (Lipinski definition) is 6. The fourth-order valence-corrected chi connectivity index (χ4v) is 4.64. The second-order valence-electron chi connectivity index (χ2n) is 7.23. The zero-order valence-electron chi connectivity index (χ0n) is 17.3. The largest absolute Gasteiger partial charge is 0.497 e. The van der Waals surface area contributed by atoms with E-state index < -0.39 is 10.0 Å². The summed E-state index contributed by atoms with van der Waals surface area (Å²) >= 11 is 0. The molecule has 4 rings (SSSR count). The molecule has 2 heterocycles. The lowest BCUT2D eigenvalue weighted by Gasteiger charge is -2.15. The van der Waals surface area contributed by atoms with Crippen LogP contribution in [-0.4, -0.2) is 39.5 Å². The summed E-state index contributed by atoms with van der Waals surface area (Å²) in [7, 11) is -2.07. The highest BCUT2D eigenvalue weighted by molar-refractivity contribution is 7.89. The zero-order chi connectivity index (χ0) is 22.0. The van der Waals surface area contributed by atoms with Crippen LogP contribution in [0.2, 0.25) is 0 Å². The van der Waals surface area contributed by atoms with E-state index in [2.05, 4.69) is 9.71 Å². The van der Waals surface area contributed by atoms with Crippen molar-refractivity contribution in [3.63, 3.8) is 0 Å². The summed E-state index contributed by atoms with van der Waals surface area (Å²) in [5.74, 6) is 1.16. The number of nitrogens with one attached hydrogen (secondary N) is 1. The average molecular weight is 442 g/mol. The summed E-state index contributed by atoms with van der Waals surface area (Å²) in [6.07, 6.45) is 2.56. The molecule has 1 aliphatic rings. The molecule has 0 atom stereocenters. The maximum Gasteiger partial charge on any atom is 0.240 e. The van der Waals surface area contributed by atoms with Crippen LogP contribution < -0.4 is 14.4 Å². The molecule has 0 saturated heterocycles. The van der Waals surface area contributed by atoms with E-state index in [0.29, 0.717) is 31.0 Å². The topological polar surface area (TPSA) is 102 Å². The van der Waals surface area contributed by atoms with Gasteiger partial charge in [0.2, 0.25) is 21.8 Å². The number of sulfonamides is 1. The molecule has 2 aromatic carbocycles. The molecule has 1 aromatic heterocycles. The van der Waals surface area contributed by atoms with Gasteiger partial charge in [0.1, 0.15) is 12.0 Å². The number of fused-ring (bicyclic) bond motifs is 1. The maximum atomic E-state index is 12.7. The minimum Gasteiger partial charge on any atom is -0.497 e. The lowest BCUT2D eigenvalue weighted by Crippen LogP contribution is -2.26. The van der Waals surface area contributed by atoms with E-state index in [0.717, 1.165) is 22.6 Å². The predicted octanol–water partition coefficient (Wildman–Crippen LogP) is 2.78. The summed E-state index contributed by atoms with van der Waals surface area (Å²) in [5, 5.41) is 0. The van der Waals surface area contributed by atoms with E-state index >= 15 is 0 Å². The number of oxazole rings is 1. The first-order valence-corrected chi connectivity index (χ1v) is 11.4. The molecule has 0 spiro atoms. The van der Waals surface area contributed by atoms with E-state index in [1.165, 1.54) is 19.3 Å². The highest BCUT2D eigenvalue weighted by atomic mass is 32.2. The fraction of sp³-hybridized carbons (Fsp3) is 0.273. The molecule has 31 heavy (non-hydrogen) atoms. The Balaban J connectivity index is 1.38. The van der Waals surface area contributed by atoms with Crippen molar-refractivity contribution in [3.05, 3.63) is 60.0 Å². The molecule has 9 heteroatoms. The van der Waals surface area contributed by atoms with Gasteiger partial charge in [0, 0.05) is 37.7 Å². The number of carbonyl (C=O) groups excluding carboxylic acids is 1. The standard InChI is InChI=1S/C22H23N3O5S/c1-15(26)25-12-10-17-13-20(7-8-21(17)25)31(27,28)23-11-9-18-14-30-22(24-18)16-3-5-19(29-2)6-4-16/h3-8,13-14,23H,9-12H2,1-2H3. The van der Waals surface area contributed by atoms with Crippen molar-refractivity contribution in [2.24, 2.45) is 0 Å². The number of amides is 1. The van der Waals surface area contributed by atoms with Crippen molar-refractivity contribution in [3.8, 4) is 17.2 Å². The van der Waals surface area contributed by atoms with Gasteiger partial charge in [0.15, 0.2) is 0 Å². The molecular weight excluding hydrogens is 418 g/mol. The first-order chi connectivity index (χ1) is 14.9. The molecule has 162 valence electrons. The summed E-state index contributed by atoms with van der Waals surface area (Å²) in [6.45, 7) is 2.27. The highest BCUT2D eigenvalue weighted by Crippen LogP contribution is 2.30. The molecule has 1 amide bonds. The average Bonchev–Trinajstić information content (AvgIpc) is 3.40. The van der Waals surface area contributed by atoms with E-state index in [1.807, 2.05) is 24.3 Å². The first kappa shape index (κ1) is 21.1. The summed E-state index contributed by atoms with van der Waals surface area (Å²) in [5.41, 5.74) is 3.10. The van der Waals surface area contributed by atoms with Gasteiger partial charge in [-0.25, -0.2) is 18.1 Å². The second kappa shape index (κ2) is 8.52. The summed E-state index contributed by atoms with van der Waals surface area (Å²) < 4.78 is 38.6. The number of aromatic nitrogens is 1. The van der Waals surface area contributed by atoms with Crippen molar-refractivity contribution in [1.29, 1.82) is 0 Å². The quantitative estimate of drug-likeness (QED) is 0.605. The summed E-state index contributed by atoms with van der Waals surface area (Å²) in [4.78, 5) is 17.9. The van der Waals surface area contributed by atoms with Crippen molar-refractivity contribution in [2.75, 3.05) is 25.1 Å². The van der Waals surface area contributed by atoms with Gasteiger partial charge in [-0.3, -0.25) is 4.79 Å². The SMILES string of the molecule is COc1ccc(-c2nc(CCNS(=O)(=O)c3ccc4c(c3)CCN4C(C)=O)co2)cc1. The van der Waals surface area contributed by atoms with Crippen molar-refractivity contribution in [1.82, 2.24) is 9.71 Å². The highest BCUT2D eigenvalue weighted by Gasteiger charge is 2.24. The van der Waals surface area contributed by atoms with E-state index in [9.17, 15) is 13.2 Å². The fourth-order valence-electron chi connectivity index (χ4n) is 3.56. The number of carbonyl (C=O) groups is 1. The zero-order valence-corrected chi connectivity index (χ0v) is 18.1. The van der Waals surface area contributed by atoms with Crippen LogP contribution in [0.3, 0.4) is 0 Å².